The van der Waals surface area contributed by atoms with Gasteiger partial charge < -0.3 is 19.5 Å². The number of aliphatic hydroxyl groups is 1. The highest BCUT2D eigenvalue weighted by molar-refractivity contribution is 7.92. The monoisotopic (exact) mass is 665 g/mol. The van der Waals surface area contributed by atoms with E-state index < -0.39 is 32.2 Å². The molecular formula is C30H36ClN3O8S2. The van der Waals surface area contributed by atoms with Gasteiger partial charge in [0.1, 0.15) is 17.6 Å². The molecule has 0 spiro atoms. The molecule has 3 aromatic carbocycles. The van der Waals surface area contributed by atoms with E-state index >= 15 is 0 Å². The van der Waals surface area contributed by atoms with Crippen LogP contribution in [-0.2, 0) is 31.3 Å². The number of nitrogens with one attached hydrogen (secondary N) is 1. The number of likely N-dealkylation sites (N-methyl/N-ethyl adjacent to an activating group) is 1. The number of nitrogens with zero attached hydrogens (tertiary/aromatic N) is 2. The van der Waals surface area contributed by atoms with Gasteiger partial charge in [-0.1, -0.05) is 18.5 Å². The Bertz CT molecular complexity index is 1680. The maximum absolute atomic E-state index is 13.5. The number of ether oxygens (including phenoxy) is 2. The van der Waals surface area contributed by atoms with E-state index in [1.54, 1.807) is 30.0 Å². The highest BCUT2D eigenvalue weighted by atomic mass is 35.5. The molecule has 1 aliphatic heterocycles. The van der Waals surface area contributed by atoms with Gasteiger partial charge in [0.05, 0.1) is 42.5 Å². The zero-order valence-corrected chi connectivity index (χ0v) is 27.2. The quantitative estimate of drug-likeness (QED) is 0.335. The Balaban J connectivity index is 1.67. The van der Waals surface area contributed by atoms with Crippen LogP contribution in [0, 0.1) is 5.92 Å². The van der Waals surface area contributed by atoms with Crippen LogP contribution in [0.1, 0.15) is 19.4 Å². The van der Waals surface area contributed by atoms with E-state index in [9.17, 15) is 26.7 Å². The number of fused-ring (bicyclic) bond motifs is 1. The number of halogens is 1. The number of aliphatic hydroxyl groups excluding tert-OH is 1. The second-order valence-electron chi connectivity index (χ2n) is 10.7. The molecule has 4 rings (SSSR count). The number of carbonyl (C=O) groups excluding carboxylic acids is 1. The van der Waals surface area contributed by atoms with Crippen molar-refractivity contribution in [2.75, 3.05) is 38.6 Å². The van der Waals surface area contributed by atoms with Crippen LogP contribution in [0.5, 0.6) is 11.5 Å². The Labute approximate surface area is 263 Å². The molecule has 0 aliphatic carbocycles. The maximum atomic E-state index is 13.5. The fraction of sp³-hybridized carbons (Fsp3) is 0.367. The van der Waals surface area contributed by atoms with Crippen LogP contribution in [0.3, 0.4) is 0 Å². The van der Waals surface area contributed by atoms with Gasteiger partial charge >= 0.3 is 0 Å². The first kappa shape index (κ1) is 33.5. The minimum Gasteiger partial charge on any atom is -0.497 e. The number of rotatable bonds is 10. The molecule has 0 unspecified atom stereocenters. The number of carbonyl (C=O) groups is 1. The summed E-state index contributed by atoms with van der Waals surface area (Å²) in [6, 6.07) is 15.8. The number of hydrogen-bond donors (Lipinski definition) is 2. The van der Waals surface area contributed by atoms with Crippen molar-refractivity contribution in [3.8, 4) is 11.5 Å². The van der Waals surface area contributed by atoms with Crippen LogP contribution in [0.25, 0.3) is 0 Å². The van der Waals surface area contributed by atoms with Crippen molar-refractivity contribution in [3.63, 3.8) is 0 Å². The third-order valence-corrected chi connectivity index (χ3v) is 11.0. The summed E-state index contributed by atoms with van der Waals surface area (Å²) in [6.07, 6.45) is -0.835. The molecule has 0 saturated carbocycles. The standard InChI is InChI=1S/C30H36ClN3O8S2/c1-20-17-34(21(2)19-35)30(36)16-22-15-24(32-43(37,38)26-10-5-23(31)6-11-26)7-14-28(22)42-29(20)18-33(3)44(39,40)27-12-8-25(41-4)9-13-27/h5-15,20-21,29,32,35H,16-19H2,1-4H3/t20-,21-,29-/m0/s1. The molecule has 1 heterocycles. The van der Waals surface area contributed by atoms with Crippen molar-refractivity contribution >= 4 is 43.2 Å². The fourth-order valence-electron chi connectivity index (χ4n) is 4.82. The third-order valence-electron chi connectivity index (χ3n) is 7.50. The minimum absolute atomic E-state index is 0.00992. The van der Waals surface area contributed by atoms with Gasteiger partial charge in [-0.2, -0.15) is 4.31 Å². The van der Waals surface area contributed by atoms with Crippen LogP contribution >= 0.6 is 11.6 Å². The molecule has 11 nitrogen and oxygen atoms in total. The van der Waals surface area contributed by atoms with Crippen molar-refractivity contribution in [2.45, 2.75) is 42.2 Å². The van der Waals surface area contributed by atoms with Gasteiger partial charge in [-0.15, -0.1) is 0 Å². The van der Waals surface area contributed by atoms with Gasteiger partial charge in [-0.3, -0.25) is 9.52 Å². The molecule has 1 amide bonds. The molecule has 238 valence electrons. The van der Waals surface area contributed by atoms with E-state index in [0.29, 0.717) is 22.1 Å². The van der Waals surface area contributed by atoms with E-state index in [1.807, 2.05) is 6.92 Å². The highest BCUT2D eigenvalue weighted by Gasteiger charge is 2.33. The van der Waals surface area contributed by atoms with E-state index in [1.165, 1.54) is 67.0 Å². The summed E-state index contributed by atoms with van der Waals surface area (Å²) in [4.78, 5) is 15.1. The summed E-state index contributed by atoms with van der Waals surface area (Å²) in [5.74, 6) is 0.198. The van der Waals surface area contributed by atoms with Gasteiger partial charge in [-0.25, -0.2) is 16.8 Å². The van der Waals surface area contributed by atoms with E-state index in [-0.39, 0.29) is 53.4 Å². The predicted octanol–water partition coefficient (Wildman–Crippen LogP) is 3.62. The first-order chi connectivity index (χ1) is 20.7. The van der Waals surface area contributed by atoms with Crippen LogP contribution in [0.15, 0.2) is 76.5 Å². The lowest BCUT2D eigenvalue weighted by molar-refractivity contribution is -0.134. The third kappa shape index (κ3) is 7.64. The molecule has 2 N–H and O–H groups in total. The van der Waals surface area contributed by atoms with Crippen LogP contribution < -0.4 is 14.2 Å². The van der Waals surface area contributed by atoms with Crippen LogP contribution in [-0.4, -0.2) is 83.1 Å². The summed E-state index contributed by atoms with van der Waals surface area (Å²) in [5.41, 5.74) is 0.612. The summed E-state index contributed by atoms with van der Waals surface area (Å²) in [7, 11) is -4.92. The van der Waals surface area contributed by atoms with Crippen LogP contribution in [0.2, 0.25) is 5.02 Å². The Morgan fingerprint density at radius 2 is 1.70 bits per heavy atom. The second kappa shape index (κ2) is 13.7. The molecule has 1 aliphatic rings. The number of benzene rings is 3. The molecule has 44 heavy (non-hydrogen) atoms. The first-order valence-corrected chi connectivity index (χ1v) is 17.1. The normalized spacial score (nSPS) is 18.4. The Hall–Kier alpha value is -3.36. The number of hydrogen-bond acceptors (Lipinski definition) is 8. The largest absolute Gasteiger partial charge is 0.497 e. The predicted molar refractivity (Wildman–Crippen MR) is 167 cm³/mol. The Kier molecular flexibility index (Phi) is 10.5. The fourth-order valence-corrected chi connectivity index (χ4v) is 7.18. The van der Waals surface area contributed by atoms with Crippen molar-refractivity contribution in [1.29, 1.82) is 0 Å². The topological polar surface area (TPSA) is 143 Å². The lowest BCUT2D eigenvalue weighted by Crippen LogP contribution is -2.48. The summed E-state index contributed by atoms with van der Waals surface area (Å²) in [5, 5.41) is 10.3. The molecule has 3 aromatic rings. The average molecular weight is 666 g/mol. The van der Waals surface area contributed by atoms with Gasteiger partial charge in [0.15, 0.2) is 0 Å². The van der Waals surface area contributed by atoms with Gasteiger partial charge in [0.25, 0.3) is 10.0 Å². The number of anilines is 1. The van der Waals surface area contributed by atoms with Gasteiger partial charge in [-0.05, 0) is 73.7 Å². The zero-order valence-electron chi connectivity index (χ0n) is 24.8. The Morgan fingerprint density at radius 1 is 1.07 bits per heavy atom. The van der Waals surface area contributed by atoms with E-state index in [4.69, 9.17) is 21.1 Å². The maximum Gasteiger partial charge on any atom is 0.261 e. The molecule has 0 saturated heterocycles. The molecule has 0 bridgehead atoms. The number of sulfonamides is 2. The second-order valence-corrected chi connectivity index (χ2v) is 14.9. The zero-order chi connectivity index (χ0) is 32.2. The molecule has 3 atom stereocenters. The molecule has 0 fully saturated rings. The highest BCUT2D eigenvalue weighted by Crippen LogP contribution is 2.31. The molecule has 0 aromatic heterocycles. The summed E-state index contributed by atoms with van der Waals surface area (Å²) >= 11 is 5.90. The lowest BCUT2D eigenvalue weighted by atomic mass is 10.0. The van der Waals surface area contributed by atoms with Crippen LogP contribution in [0.4, 0.5) is 5.69 Å². The van der Waals surface area contributed by atoms with Crippen molar-refractivity contribution in [2.24, 2.45) is 5.92 Å². The van der Waals surface area contributed by atoms with Crippen molar-refractivity contribution in [1.82, 2.24) is 9.21 Å². The van der Waals surface area contributed by atoms with E-state index in [2.05, 4.69) is 4.72 Å². The van der Waals surface area contributed by atoms with E-state index in [0.717, 1.165) is 0 Å². The number of amides is 1. The molecule has 0 radical (unpaired) electrons. The average Bonchev–Trinajstić information content (AvgIpc) is 3.04. The Morgan fingerprint density at radius 3 is 2.32 bits per heavy atom. The van der Waals surface area contributed by atoms with Crippen molar-refractivity contribution in [3.05, 3.63) is 77.3 Å². The SMILES string of the molecule is COc1ccc(S(=O)(=O)N(C)C[C@@H]2Oc3ccc(NS(=O)(=O)c4ccc(Cl)cc4)cc3CC(=O)N([C@@H](C)CO)C[C@@H]2C)cc1. The molecular weight excluding hydrogens is 630 g/mol. The van der Waals surface area contributed by atoms with Gasteiger partial charge in [0.2, 0.25) is 15.9 Å². The number of methoxy groups -OCH3 is 1. The van der Waals surface area contributed by atoms with Gasteiger partial charge in [0, 0.05) is 35.8 Å². The minimum atomic E-state index is -3.96. The lowest BCUT2D eigenvalue weighted by Gasteiger charge is -2.33. The van der Waals surface area contributed by atoms with Crippen molar-refractivity contribution < 1.29 is 36.2 Å². The summed E-state index contributed by atoms with van der Waals surface area (Å²) < 4.78 is 68.1. The summed E-state index contributed by atoms with van der Waals surface area (Å²) in [6.45, 7) is 3.45. The molecule has 14 heteroatoms. The first-order valence-electron chi connectivity index (χ1n) is 13.8. The smallest absolute Gasteiger partial charge is 0.261 e.